The molecule has 6 heteroatoms. The predicted octanol–water partition coefficient (Wildman–Crippen LogP) is 0.553. The molecule has 0 radical (unpaired) electrons. The largest absolute Gasteiger partial charge is 0.384 e. The summed E-state index contributed by atoms with van der Waals surface area (Å²) in [6, 6.07) is 1.87. The molecule has 2 N–H and O–H groups in total. The second kappa shape index (κ2) is 6.37. The minimum atomic E-state index is -0.413. The smallest absolute Gasteiger partial charge is 0.328 e. The number of aromatic nitrogens is 2. The van der Waals surface area contributed by atoms with Crippen LogP contribution in [0.15, 0.2) is 27.2 Å². The van der Waals surface area contributed by atoms with Crippen molar-refractivity contribution in [1.82, 2.24) is 9.55 Å². The van der Waals surface area contributed by atoms with Gasteiger partial charge in [0.2, 0.25) is 0 Å². The van der Waals surface area contributed by atoms with Gasteiger partial charge in [0, 0.05) is 27.6 Å². The monoisotopic (exact) mass is 290 g/mol. The molecule has 2 aromatic rings. The van der Waals surface area contributed by atoms with E-state index in [1.807, 2.05) is 18.4 Å². The SMILES string of the molecule is CCc1cn(Cc2cc(C#CCO)cs2)c(=O)[nH]c1=O. The summed E-state index contributed by atoms with van der Waals surface area (Å²) in [5, 5.41) is 10.5. The Balaban J connectivity index is 2.28. The molecular formula is C14H14N2O3S. The van der Waals surface area contributed by atoms with E-state index in [0.717, 1.165) is 10.4 Å². The molecule has 0 saturated carbocycles. The highest BCUT2D eigenvalue weighted by molar-refractivity contribution is 7.10. The van der Waals surface area contributed by atoms with Gasteiger partial charge in [-0.2, -0.15) is 0 Å². The van der Waals surface area contributed by atoms with E-state index in [1.165, 1.54) is 15.9 Å². The lowest BCUT2D eigenvalue weighted by Gasteiger charge is -2.04. The van der Waals surface area contributed by atoms with Crippen molar-refractivity contribution in [1.29, 1.82) is 0 Å². The van der Waals surface area contributed by atoms with E-state index >= 15 is 0 Å². The van der Waals surface area contributed by atoms with Crippen LogP contribution >= 0.6 is 11.3 Å². The first-order valence-electron chi connectivity index (χ1n) is 6.13. The van der Waals surface area contributed by atoms with Crippen LogP contribution in [0.5, 0.6) is 0 Å². The van der Waals surface area contributed by atoms with Crippen molar-refractivity contribution in [3.8, 4) is 11.8 Å². The Morgan fingerprint density at radius 2 is 2.25 bits per heavy atom. The highest BCUT2D eigenvalue weighted by Gasteiger charge is 2.05. The van der Waals surface area contributed by atoms with E-state index in [0.29, 0.717) is 18.5 Å². The Morgan fingerprint density at radius 3 is 2.95 bits per heavy atom. The average molecular weight is 290 g/mol. The van der Waals surface area contributed by atoms with Crippen molar-refractivity contribution in [2.45, 2.75) is 19.9 Å². The summed E-state index contributed by atoms with van der Waals surface area (Å²) in [5.74, 6) is 5.39. The number of aliphatic hydroxyl groups excluding tert-OH is 1. The second-order valence-electron chi connectivity index (χ2n) is 4.16. The second-order valence-corrected chi connectivity index (χ2v) is 5.15. The Morgan fingerprint density at radius 1 is 1.45 bits per heavy atom. The molecule has 0 aliphatic carbocycles. The normalized spacial score (nSPS) is 10.1. The van der Waals surface area contributed by atoms with Crippen molar-refractivity contribution in [2.75, 3.05) is 6.61 Å². The maximum atomic E-state index is 11.7. The molecule has 2 aromatic heterocycles. The summed E-state index contributed by atoms with van der Waals surface area (Å²) in [7, 11) is 0. The fourth-order valence-electron chi connectivity index (χ4n) is 1.76. The highest BCUT2D eigenvalue weighted by atomic mass is 32.1. The molecule has 5 nitrogen and oxygen atoms in total. The number of hydrogen-bond acceptors (Lipinski definition) is 4. The number of rotatable bonds is 3. The summed E-state index contributed by atoms with van der Waals surface area (Å²) in [4.78, 5) is 26.5. The first-order chi connectivity index (χ1) is 9.63. The van der Waals surface area contributed by atoms with E-state index in [2.05, 4.69) is 16.8 Å². The van der Waals surface area contributed by atoms with Gasteiger partial charge in [0.15, 0.2) is 0 Å². The number of thiophene rings is 1. The molecule has 0 atom stereocenters. The van der Waals surface area contributed by atoms with E-state index in [9.17, 15) is 9.59 Å². The van der Waals surface area contributed by atoms with Crippen LogP contribution < -0.4 is 11.2 Å². The molecule has 2 heterocycles. The quantitative estimate of drug-likeness (QED) is 0.811. The Labute approximate surface area is 119 Å². The van der Waals surface area contributed by atoms with Crippen LogP contribution in [-0.4, -0.2) is 21.3 Å². The number of aliphatic hydroxyl groups is 1. The van der Waals surface area contributed by atoms with Gasteiger partial charge in [0.1, 0.15) is 6.61 Å². The van der Waals surface area contributed by atoms with Gasteiger partial charge in [0.25, 0.3) is 5.56 Å². The fraction of sp³-hybridized carbons (Fsp3) is 0.286. The number of H-pyrrole nitrogens is 1. The molecular weight excluding hydrogens is 276 g/mol. The number of hydrogen-bond donors (Lipinski definition) is 2. The molecule has 0 unspecified atom stereocenters. The lowest BCUT2D eigenvalue weighted by atomic mass is 10.2. The zero-order chi connectivity index (χ0) is 14.5. The summed E-state index contributed by atoms with van der Waals surface area (Å²) in [6.45, 7) is 2.09. The first kappa shape index (κ1) is 14.3. The lowest BCUT2D eigenvalue weighted by molar-refractivity contribution is 0.350. The Kier molecular flexibility index (Phi) is 4.56. The van der Waals surface area contributed by atoms with Crippen molar-refractivity contribution >= 4 is 11.3 Å². The third-order valence-corrected chi connectivity index (χ3v) is 3.68. The van der Waals surface area contributed by atoms with E-state index in [1.54, 1.807) is 6.20 Å². The standard InChI is InChI=1S/C14H14N2O3S/c1-2-11-7-16(14(19)15-13(11)18)8-12-6-10(9-20-12)4-3-5-17/h6-7,9,17H,2,5,8H2,1H3,(H,15,18,19). The van der Waals surface area contributed by atoms with E-state index in [4.69, 9.17) is 5.11 Å². The van der Waals surface area contributed by atoms with Gasteiger partial charge < -0.3 is 5.11 Å². The molecule has 0 amide bonds. The van der Waals surface area contributed by atoms with Gasteiger partial charge in [-0.1, -0.05) is 18.8 Å². The van der Waals surface area contributed by atoms with E-state index in [-0.39, 0.29) is 12.2 Å². The van der Waals surface area contributed by atoms with Crippen LogP contribution in [0.25, 0.3) is 0 Å². The van der Waals surface area contributed by atoms with E-state index < -0.39 is 5.69 Å². The number of nitrogens with zero attached hydrogens (tertiary/aromatic N) is 1. The van der Waals surface area contributed by atoms with Crippen LogP contribution in [0.3, 0.4) is 0 Å². The summed E-state index contributed by atoms with van der Waals surface area (Å²) >= 11 is 1.49. The fourth-order valence-corrected chi connectivity index (χ4v) is 2.58. The summed E-state index contributed by atoms with van der Waals surface area (Å²) < 4.78 is 1.48. The molecule has 104 valence electrons. The zero-order valence-electron chi connectivity index (χ0n) is 11.0. The highest BCUT2D eigenvalue weighted by Crippen LogP contribution is 2.14. The zero-order valence-corrected chi connectivity index (χ0v) is 11.8. The molecule has 0 aromatic carbocycles. The van der Waals surface area contributed by atoms with Crippen molar-refractivity contribution < 1.29 is 5.11 Å². The average Bonchev–Trinajstić information content (AvgIpc) is 2.87. The third kappa shape index (κ3) is 3.26. The topological polar surface area (TPSA) is 75.1 Å². The van der Waals surface area contributed by atoms with Gasteiger partial charge in [0.05, 0.1) is 6.54 Å². The van der Waals surface area contributed by atoms with Crippen LogP contribution in [-0.2, 0) is 13.0 Å². The number of aryl methyl sites for hydroxylation is 1. The molecule has 0 aliphatic heterocycles. The summed E-state index contributed by atoms with van der Waals surface area (Å²) in [6.07, 6.45) is 2.17. The summed E-state index contributed by atoms with van der Waals surface area (Å²) in [5.41, 5.74) is 0.659. The van der Waals surface area contributed by atoms with Crippen LogP contribution in [0.4, 0.5) is 0 Å². The van der Waals surface area contributed by atoms with Gasteiger partial charge in [-0.3, -0.25) is 14.3 Å². The van der Waals surface area contributed by atoms with Crippen LogP contribution in [0.2, 0.25) is 0 Å². The van der Waals surface area contributed by atoms with Crippen molar-refractivity contribution in [2.24, 2.45) is 0 Å². The minimum Gasteiger partial charge on any atom is -0.384 e. The first-order valence-corrected chi connectivity index (χ1v) is 7.01. The molecule has 2 rings (SSSR count). The van der Waals surface area contributed by atoms with Crippen molar-refractivity contribution in [3.05, 3.63) is 54.5 Å². The van der Waals surface area contributed by atoms with Crippen LogP contribution in [0, 0.1) is 11.8 Å². The molecule has 20 heavy (non-hydrogen) atoms. The van der Waals surface area contributed by atoms with Gasteiger partial charge in [-0.25, -0.2) is 4.79 Å². The molecule has 0 aliphatic rings. The maximum absolute atomic E-state index is 11.7. The third-order valence-electron chi connectivity index (χ3n) is 2.76. The molecule has 0 fully saturated rings. The minimum absolute atomic E-state index is 0.176. The van der Waals surface area contributed by atoms with Gasteiger partial charge in [-0.05, 0) is 12.5 Å². The number of nitrogens with one attached hydrogen (secondary N) is 1. The van der Waals surface area contributed by atoms with Gasteiger partial charge >= 0.3 is 5.69 Å². The van der Waals surface area contributed by atoms with Gasteiger partial charge in [-0.15, -0.1) is 11.3 Å². The van der Waals surface area contributed by atoms with Crippen LogP contribution in [0.1, 0.15) is 22.9 Å². The number of aromatic amines is 1. The predicted molar refractivity (Wildman–Crippen MR) is 78.1 cm³/mol. The maximum Gasteiger partial charge on any atom is 0.328 e. The Hall–Kier alpha value is -2.10. The molecule has 0 spiro atoms. The molecule has 0 bridgehead atoms. The van der Waals surface area contributed by atoms with Crippen molar-refractivity contribution in [3.63, 3.8) is 0 Å². The molecule has 0 saturated heterocycles. The Bertz CT molecular complexity index is 774. The lowest BCUT2D eigenvalue weighted by Crippen LogP contribution is -2.31.